The molecule has 1 aromatic heterocycles. The van der Waals surface area contributed by atoms with Crippen molar-refractivity contribution >= 4 is 32.8 Å². The summed E-state index contributed by atoms with van der Waals surface area (Å²) in [6.07, 6.45) is -0.504. The number of esters is 1. The summed E-state index contributed by atoms with van der Waals surface area (Å²) in [6, 6.07) is 9.74. The molecule has 2 aromatic rings. The predicted octanol–water partition coefficient (Wildman–Crippen LogP) is 5.59. The summed E-state index contributed by atoms with van der Waals surface area (Å²) in [5, 5.41) is 0. The average molecular weight is 561 g/mol. The van der Waals surface area contributed by atoms with Gasteiger partial charge < -0.3 is 14.5 Å². The van der Waals surface area contributed by atoms with Crippen molar-refractivity contribution in [1.82, 2.24) is 9.80 Å². The number of carbonyl (C=O) groups excluding carboxylic acids is 1. The molecule has 0 saturated heterocycles. The highest BCUT2D eigenvalue weighted by molar-refractivity contribution is 7.90. The molecule has 0 aliphatic carbocycles. The number of rotatable bonds is 10. The van der Waals surface area contributed by atoms with Crippen molar-refractivity contribution in [3.63, 3.8) is 0 Å². The minimum absolute atomic E-state index is 0.152. The van der Waals surface area contributed by atoms with E-state index in [0.717, 1.165) is 19.3 Å². The van der Waals surface area contributed by atoms with Crippen molar-refractivity contribution in [3.8, 4) is 10.4 Å². The quantitative estimate of drug-likeness (QED) is 0.279. The van der Waals surface area contributed by atoms with Gasteiger partial charge >= 0.3 is 12.1 Å². The van der Waals surface area contributed by atoms with Crippen LogP contribution in [-0.2, 0) is 19.4 Å². The van der Waals surface area contributed by atoms with E-state index < -0.39 is 27.9 Å². The first-order chi connectivity index (χ1) is 17.1. The van der Waals surface area contributed by atoms with Gasteiger partial charge in [-0.1, -0.05) is 25.1 Å². The van der Waals surface area contributed by atoms with Gasteiger partial charge in [0, 0.05) is 24.7 Å². The number of ether oxygens (including phenoxy) is 1. The number of allylic oxidation sites excluding steroid dienone is 2. The third-order valence-corrected chi connectivity index (χ3v) is 7.18. The van der Waals surface area contributed by atoms with E-state index in [-0.39, 0.29) is 23.7 Å². The van der Waals surface area contributed by atoms with Crippen molar-refractivity contribution in [2.24, 2.45) is 5.92 Å². The molecule has 206 valence electrons. The SMILES string of the molecule is C=CC.CC(/C=C(/c1ccc(-c2cccc(S(C)(=O)=O)c2)s1)N(C)CC(=O)OCCN(C)C)C(F)(F)F. The van der Waals surface area contributed by atoms with Gasteiger partial charge in [-0.2, -0.15) is 13.2 Å². The molecule has 0 aliphatic heterocycles. The zero-order valence-corrected chi connectivity index (χ0v) is 23.6. The van der Waals surface area contributed by atoms with Crippen molar-refractivity contribution in [2.75, 3.05) is 47.1 Å². The monoisotopic (exact) mass is 560 g/mol. The second-order valence-electron chi connectivity index (χ2n) is 8.63. The van der Waals surface area contributed by atoms with Crippen LogP contribution in [0, 0.1) is 5.92 Å². The van der Waals surface area contributed by atoms with Crippen LogP contribution in [0.5, 0.6) is 0 Å². The number of carbonyl (C=O) groups is 1. The normalized spacial score (nSPS) is 13.0. The Hall–Kier alpha value is -2.63. The highest BCUT2D eigenvalue weighted by Gasteiger charge is 2.35. The number of halogens is 3. The molecule has 1 heterocycles. The summed E-state index contributed by atoms with van der Waals surface area (Å²) in [5.41, 5.74) is 0.873. The molecule has 2 rings (SSSR count). The van der Waals surface area contributed by atoms with Crippen LogP contribution in [0.2, 0.25) is 0 Å². The first-order valence-corrected chi connectivity index (χ1v) is 14.1. The van der Waals surface area contributed by atoms with Crippen molar-refractivity contribution in [1.29, 1.82) is 0 Å². The van der Waals surface area contributed by atoms with Crippen LogP contribution in [-0.4, -0.2) is 77.5 Å². The van der Waals surface area contributed by atoms with Crippen molar-refractivity contribution in [2.45, 2.75) is 24.9 Å². The van der Waals surface area contributed by atoms with Crippen molar-refractivity contribution in [3.05, 3.63) is 60.0 Å². The van der Waals surface area contributed by atoms with E-state index in [0.29, 0.717) is 21.9 Å². The second kappa shape index (κ2) is 14.3. The largest absolute Gasteiger partial charge is 0.463 e. The number of hydrogen-bond acceptors (Lipinski definition) is 7. The molecule has 0 amide bonds. The molecular weight excluding hydrogens is 525 g/mol. The standard InChI is InChI=1S/C23H29F3N2O4S2.C3H6/c1-16(23(24,25)26)13-19(28(4)15-22(29)32-12-11-27(2)3)21-10-9-20(33-21)17-7-6-8-18(14-17)34(5,30)31;1-3-2/h6-10,13-14,16H,11-12,15H2,1-5H3;3H,1H2,2H3/b19-13-;. The summed E-state index contributed by atoms with van der Waals surface area (Å²) in [6.45, 7) is 6.79. The molecule has 0 spiro atoms. The van der Waals surface area contributed by atoms with Gasteiger partial charge in [-0.25, -0.2) is 8.42 Å². The molecule has 0 saturated carbocycles. The third kappa shape index (κ3) is 11.1. The lowest BCUT2D eigenvalue weighted by molar-refractivity contribution is -0.156. The fourth-order valence-corrected chi connectivity index (χ4v) is 4.66. The van der Waals surface area contributed by atoms with E-state index in [1.807, 2.05) is 25.9 Å². The Labute approximate surface area is 222 Å². The maximum atomic E-state index is 13.3. The Morgan fingerprint density at radius 2 is 1.81 bits per heavy atom. The smallest absolute Gasteiger partial charge is 0.394 e. The number of thiophene rings is 1. The number of nitrogens with zero attached hydrogens (tertiary/aromatic N) is 2. The molecule has 0 bridgehead atoms. The van der Waals surface area contributed by atoms with Gasteiger partial charge in [0.2, 0.25) is 0 Å². The first-order valence-electron chi connectivity index (χ1n) is 11.4. The lowest BCUT2D eigenvalue weighted by Crippen LogP contribution is -2.29. The van der Waals surface area contributed by atoms with Gasteiger partial charge in [0.25, 0.3) is 0 Å². The van der Waals surface area contributed by atoms with Gasteiger partial charge in [-0.3, -0.25) is 4.79 Å². The van der Waals surface area contributed by atoms with Gasteiger partial charge in [0.05, 0.1) is 21.4 Å². The van der Waals surface area contributed by atoms with E-state index in [1.165, 1.54) is 35.4 Å². The number of alkyl halides is 3. The molecule has 1 unspecified atom stereocenters. The Bertz CT molecular complexity index is 1170. The number of benzene rings is 1. The molecular formula is C26H35F3N2O4S2. The molecule has 0 aliphatic rings. The van der Waals surface area contributed by atoms with Crippen LogP contribution in [0.4, 0.5) is 13.2 Å². The van der Waals surface area contributed by atoms with Crippen LogP contribution in [0.1, 0.15) is 18.7 Å². The van der Waals surface area contributed by atoms with E-state index in [1.54, 1.807) is 30.3 Å². The van der Waals surface area contributed by atoms with Gasteiger partial charge in [0.15, 0.2) is 9.84 Å². The summed E-state index contributed by atoms with van der Waals surface area (Å²) in [4.78, 5) is 16.9. The molecule has 1 atom stereocenters. The Kier molecular flexibility index (Phi) is 12.6. The molecule has 0 N–H and O–H groups in total. The van der Waals surface area contributed by atoms with E-state index in [4.69, 9.17) is 4.74 Å². The lowest BCUT2D eigenvalue weighted by Gasteiger charge is -2.23. The third-order valence-electron chi connectivity index (χ3n) is 4.91. The average Bonchev–Trinajstić information content (AvgIpc) is 3.26. The number of sulfone groups is 1. The zero-order valence-electron chi connectivity index (χ0n) is 22.0. The molecule has 0 radical (unpaired) electrons. The Morgan fingerprint density at radius 3 is 2.35 bits per heavy atom. The molecule has 37 heavy (non-hydrogen) atoms. The van der Waals surface area contributed by atoms with Crippen LogP contribution in [0.15, 0.2) is 60.0 Å². The van der Waals surface area contributed by atoms with Gasteiger partial charge in [0.1, 0.15) is 13.2 Å². The van der Waals surface area contributed by atoms with Crippen LogP contribution in [0.3, 0.4) is 0 Å². The molecule has 6 nitrogen and oxygen atoms in total. The van der Waals surface area contributed by atoms with Crippen LogP contribution >= 0.6 is 11.3 Å². The van der Waals surface area contributed by atoms with Crippen LogP contribution in [0.25, 0.3) is 16.1 Å². The number of likely N-dealkylation sites (N-methyl/N-ethyl adjacent to an activating group) is 2. The fraction of sp³-hybridized carbons (Fsp3) is 0.423. The maximum Gasteiger partial charge on any atom is 0.394 e. The second-order valence-corrected chi connectivity index (χ2v) is 11.7. The van der Waals surface area contributed by atoms with E-state index in [9.17, 15) is 26.4 Å². The van der Waals surface area contributed by atoms with Gasteiger partial charge in [-0.05, 0) is 56.9 Å². The highest BCUT2D eigenvalue weighted by Crippen LogP contribution is 2.36. The zero-order chi connectivity index (χ0) is 28.4. The Morgan fingerprint density at radius 1 is 1.19 bits per heavy atom. The topological polar surface area (TPSA) is 66.9 Å². The summed E-state index contributed by atoms with van der Waals surface area (Å²) < 4.78 is 68.9. The minimum atomic E-state index is -4.44. The number of hydrogen-bond donors (Lipinski definition) is 0. The van der Waals surface area contributed by atoms with E-state index >= 15 is 0 Å². The summed E-state index contributed by atoms with van der Waals surface area (Å²) in [5.74, 6) is -2.29. The predicted molar refractivity (Wildman–Crippen MR) is 144 cm³/mol. The lowest BCUT2D eigenvalue weighted by atomic mass is 10.1. The van der Waals surface area contributed by atoms with E-state index in [2.05, 4.69) is 6.58 Å². The van der Waals surface area contributed by atoms with Crippen LogP contribution < -0.4 is 0 Å². The summed E-state index contributed by atoms with van der Waals surface area (Å²) in [7, 11) is 1.79. The first kappa shape index (κ1) is 32.4. The maximum absolute atomic E-state index is 13.3. The Balaban J connectivity index is 0.00000217. The van der Waals surface area contributed by atoms with Gasteiger partial charge in [-0.15, -0.1) is 17.9 Å². The minimum Gasteiger partial charge on any atom is -0.463 e. The van der Waals surface area contributed by atoms with Crippen molar-refractivity contribution < 1.29 is 31.1 Å². The fourth-order valence-electron chi connectivity index (χ4n) is 2.91. The molecule has 1 aromatic carbocycles. The summed E-state index contributed by atoms with van der Waals surface area (Å²) >= 11 is 1.21. The molecule has 0 fully saturated rings. The highest BCUT2D eigenvalue weighted by atomic mass is 32.2. The molecule has 11 heteroatoms.